The summed E-state index contributed by atoms with van der Waals surface area (Å²) >= 11 is 7.24. The van der Waals surface area contributed by atoms with Crippen LogP contribution < -0.4 is 4.90 Å². The first-order valence-corrected chi connectivity index (χ1v) is 21.5. The van der Waals surface area contributed by atoms with E-state index in [-0.39, 0.29) is 17.4 Å². The highest BCUT2D eigenvalue weighted by Crippen LogP contribution is 2.51. The molecular weight excluding hydrogens is 772 g/mol. The molecule has 4 aromatic carbocycles. The molecule has 0 bridgehead atoms. The lowest BCUT2D eigenvalue weighted by molar-refractivity contribution is 0.0517. The number of carbonyl (C=O) groups excluding carboxylic acids is 2. The summed E-state index contributed by atoms with van der Waals surface area (Å²) in [5.74, 6) is -0.634. The molecule has 0 saturated heterocycles. The topological polar surface area (TPSA) is 86.7 Å². The highest BCUT2D eigenvalue weighted by atomic mass is 35.5. The molecular formula is C51H59ClN2O6. The number of rotatable bonds is 17. The van der Waals surface area contributed by atoms with E-state index in [2.05, 4.69) is 81.2 Å². The van der Waals surface area contributed by atoms with Gasteiger partial charge in [0.1, 0.15) is 0 Å². The summed E-state index contributed by atoms with van der Waals surface area (Å²) in [4.78, 5) is 32.7. The van der Waals surface area contributed by atoms with Gasteiger partial charge in [-0.15, -0.1) is 0 Å². The van der Waals surface area contributed by atoms with E-state index in [0.717, 1.165) is 81.2 Å². The smallest absolute Gasteiger partial charge is 0.338 e. The summed E-state index contributed by atoms with van der Waals surface area (Å²) in [6, 6.07) is 22.1. The molecule has 60 heavy (non-hydrogen) atoms. The van der Waals surface area contributed by atoms with Crippen LogP contribution in [-0.4, -0.2) is 71.4 Å². The normalized spacial score (nSPS) is 16.9. The van der Waals surface area contributed by atoms with Gasteiger partial charge in [0.05, 0.1) is 24.3 Å². The summed E-state index contributed by atoms with van der Waals surface area (Å²) in [5, 5.41) is 4.94. The van der Waals surface area contributed by atoms with E-state index in [1.54, 1.807) is 14.2 Å². The van der Waals surface area contributed by atoms with Gasteiger partial charge in [0.25, 0.3) is 0 Å². The Balaban J connectivity index is 1.33. The number of halogens is 1. The van der Waals surface area contributed by atoms with E-state index in [1.165, 1.54) is 16.9 Å². The molecule has 8 nitrogen and oxygen atoms in total. The zero-order valence-electron chi connectivity index (χ0n) is 36.5. The Morgan fingerprint density at radius 2 is 1.48 bits per heavy atom. The lowest BCUT2D eigenvalue weighted by Gasteiger charge is -2.28. The minimum atomic E-state index is -0.469. The molecule has 0 spiro atoms. The Bertz CT molecular complexity index is 2400. The van der Waals surface area contributed by atoms with Crippen LogP contribution in [-0.2, 0) is 29.8 Å². The number of ether oxygens (including phenoxy) is 4. The molecule has 0 amide bonds. The second-order valence-electron chi connectivity index (χ2n) is 16.4. The molecule has 1 aliphatic carbocycles. The van der Waals surface area contributed by atoms with Crippen molar-refractivity contribution in [3.05, 3.63) is 135 Å². The van der Waals surface area contributed by atoms with E-state index in [4.69, 9.17) is 35.5 Å². The van der Waals surface area contributed by atoms with Crippen molar-refractivity contribution in [1.29, 1.82) is 0 Å². The van der Waals surface area contributed by atoms with Crippen molar-refractivity contribution in [1.82, 2.24) is 0 Å². The Labute approximate surface area is 360 Å². The maximum Gasteiger partial charge on any atom is 0.338 e. The van der Waals surface area contributed by atoms with Crippen molar-refractivity contribution in [2.24, 2.45) is 4.99 Å². The molecule has 4 aromatic rings. The number of hydrogen-bond acceptors (Lipinski definition) is 8. The van der Waals surface area contributed by atoms with Gasteiger partial charge in [-0.05, 0) is 126 Å². The number of aliphatic imine (C=N–C) groups is 1. The van der Waals surface area contributed by atoms with Crippen LogP contribution in [0.4, 0.5) is 5.69 Å². The van der Waals surface area contributed by atoms with E-state index in [9.17, 15) is 9.59 Å². The van der Waals surface area contributed by atoms with Gasteiger partial charge in [-0.1, -0.05) is 87.8 Å². The fourth-order valence-electron chi connectivity index (χ4n) is 8.59. The highest BCUT2D eigenvalue weighted by Gasteiger charge is 2.41. The zero-order chi connectivity index (χ0) is 43.0. The van der Waals surface area contributed by atoms with Gasteiger partial charge >= 0.3 is 11.9 Å². The highest BCUT2D eigenvalue weighted by molar-refractivity contribution is 6.33. The quantitative estimate of drug-likeness (QED) is 0.0595. The van der Waals surface area contributed by atoms with Gasteiger partial charge < -0.3 is 23.8 Å². The Morgan fingerprint density at radius 3 is 2.15 bits per heavy atom. The second-order valence-corrected chi connectivity index (χ2v) is 16.7. The maximum atomic E-state index is 12.6. The van der Waals surface area contributed by atoms with Gasteiger partial charge in [-0.25, -0.2) is 9.59 Å². The first kappa shape index (κ1) is 44.5. The number of benzene rings is 4. The average molecular weight is 831 g/mol. The summed E-state index contributed by atoms with van der Waals surface area (Å²) in [6.45, 7) is 16.0. The number of methoxy groups -OCH3 is 2. The van der Waals surface area contributed by atoms with Gasteiger partial charge in [0.2, 0.25) is 0 Å². The fraction of sp³-hybridized carbons (Fsp3) is 0.392. The van der Waals surface area contributed by atoms with Crippen LogP contribution in [0.15, 0.2) is 118 Å². The molecule has 1 heterocycles. The van der Waals surface area contributed by atoms with Crippen LogP contribution in [0.1, 0.15) is 99.1 Å². The van der Waals surface area contributed by atoms with Crippen LogP contribution >= 0.6 is 11.6 Å². The predicted molar refractivity (Wildman–Crippen MR) is 246 cm³/mol. The van der Waals surface area contributed by atoms with Gasteiger partial charge in [0, 0.05) is 73.5 Å². The predicted octanol–water partition coefficient (Wildman–Crippen LogP) is 11.6. The molecule has 6 rings (SSSR count). The number of anilines is 1. The van der Waals surface area contributed by atoms with Gasteiger partial charge in [-0.3, -0.25) is 4.99 Å². The first-order chi connectivity index (χ1) is 28.9. The van der Waals surface area contributed by atoms with E-state index >= 15 is 0 Å². The molecule has 9 heteroatoms. The third-order valence-electron chi connectivity index (χ3n) is 11.7. The van der Waals surface area contributed by atoms with Crippen LogP contribution in [0.3, 0.4) is 0 Å². The van der Waals surface area contributed by atoms with Gasteiger partial charge in [0.15, 0.2) is 0 Å². The molecule has 0 N–H and O–H groups in total. The molecule has 0 fully saturated rings. The summed E-state index contributed by atoms with van der Waals surface area (Å²) in [5.41, 5.74) is 8.11. The van der Waals surface area contributed by atoms with Crippen molar-refractivity contribution in [2.45, 2.75) is 78.1 Å². The Hall–Kier alpha value is -5.02. The molecule has 0 aromatic heterocycles. The Kier molecular flexibility index (Phi) is 14.5. The molecule has 0 saturated carbocycles. The minimum Gasteiger partial charge on any atom is -0.462 e. The standard InChI is InChI=1S/C51H59ClN2O6/c1-9-59-48(55)38-18-23-40-36(32-38)14-11-15-42(40)50(3,4)44(53-28-12-30-57-7)26-21-34-16-17-35(47(34)52)22-27-45-51(5,6)46-41-24-19-39(49(56)60-10-2)33-37(41)20-25-43(46)54(45)29-13-31-58-8/h11,14-15,18-27,32-33H,9-10,12-13,16-17,28-31H2,1-8H3/b26-21+,35-22+,45-27+,53-44+. The largest absolute Gasteiger partial charge is 0.462 e. The fourth-order valence-corrected chi connectivity index (χ4v) is 8.90. The SMILES string of the molecule is CCOC(=O)c1ccc2c(C(C)(C)C(/C=C/C3=C(Cl)C(=C/C=C4/N(CCCOC)c5ccc6cc(C(=O)OCC)ccc6c5C4(C)C)/CC3)=N/CCCOC)cccc2c1. The van der Waals surface area contributed by atoms with Crippen LogP contribution in [0.5, 0.6) is 0 Å². The van der Waals surface area contributed by atoms with Crippen LogP contribution in [0.2, 0.25) is 0 Å². The van der Waals surface area contributed by atoms with Crippen LogP contribution in [0.25, 0.3) is 21.5 Å². The number of esters is 2. The second kappa shape index (κ2) is 19.6. The van der Waals surface area contributed by atoms with Crippen molar-refractivity contribution >= 4 is 56.5 Å². The molecule has 0 radical (unpaired) electrons. The number of fused-ring (bicyclic) bond motifs is 4. The van der Waals surface area contributed by atoms with Crippen LogP contribution in [0, 0.1) is 0 Å². The Morgan fingerprint density at radius 1 is 0.833 bits per heavy atom. The van der Waals surface area contributed by atoms with Gasteiger partial charge in [-0.2, -0.15) is 0 Å². The zero-order valence-corrected chi connectivity index (χ0v) is 37.2. The van der Waals surface area contributed by atoms with Crippen molar-refractivity contribution in [3.63, 3.8) is 0 Å². The average Bonchev–Trinajstić information content (AvgIpc) is 3.70. The molecule has 0 unspecified atom stereocenters. The number of carbonyl (C=O) groups is 2. The number of allylic oxidation sites excluding steroid dienone is 8. The maximum absolute atomic E-state index is 12.6. The number of hydrogen-bond donors (Lipinski definition) is 0. The lowest BCUT2D eigenvalue weighted by Crippen LogP contribution is -2.28. The minimum absolute atomic E-state index is 0.311. The first-order valence-electron chi connectivity index (χ1n) is 21.1. The molecule has 316 valence electrons. The molecule has 2 aliphatic rings. The number of nitrogens with zero attached hydrogens (tertiary/aromatic N) is 2. The lowest BCUT2D eigenvalue weighted by atomic mass is 9.77. The monoisotopic (exact) mass is 830 g/mol. The summed E-state index contributed by atoms with van der Waals surface area (Å²) in [7, 11) is 3.45. The third kappa shape index (κ3) is 9.31. The van der Waals surface area contributed by atoms with Crippen molar-refractivity contribution in [2.75, 3.05) is 58.6 Å². The molecule has 1 aliphatic heterocycles. The third-order valence-corrected chi connectivity index (χ3v) is 12.2. The van der Waals surface area contributed by atoms with E-state index in [1.807, 2.05) is 56.3 Å². The van der Waals surface area contributed by atoms with E-state index in [0.29, 0.717) is 44.1 Å². The molecule has 0 atom stereocenters. The van der Waals surface area contributed by atoms with Crippen molar-refractivity contribution in [3.8, 4) is 0 Å². The summed E-state index contributed by atoms with van der Waals surface area (Å²) in [6.07, 6.45) is 12.0. The summed E-state index contributed by atoms with van der Waals surface area (Å²) < 4.78 is 21.4. The van der Waals surface area contributed by atoms with E-state index < -0.39 is 5.41 Å². The van der Waals surface area contributed by atoms with Crippen molar-refractivity contribution < 1.29 is 28.5 Å².